The molecule has 1 aromatic carbocycles. The van der Waals surface area contributed by atoms with Crippen molar-refractivity contribution >= 4 is 11.7 Å². The van der Waals surface area contributed by atoms with Gasteiger partial charge in [-0.05, 0) is 29.5 Å². The smallest absolute Gasteiger partial charge is 0.242 e. The second-order valence-corrected chi connectivity index (χ2v) is 8.38. The summed E-state index contributed by atoms with van der Waals surface area (Å²) in [7, 11) is 0. The van der Waals surface area contributed by atoms with Gasteiger partial charge in [-0.15, -0.1) is 0 Å². The maximum Gasteiger partial charge on any atom is 0.242 e. The molecule has 1 aliphatic carbocycles. The number of hydrazine groups is 1. The SMILES string of the molecule is CC1(C)CC(=O)C2=C(C1)N(N1CCOCC1)C(=O)CC2c1ccc(F)cc1. The number of Topliss-reactive ketones (excluding diaryl/α,β-unsaturated/α-hetero) is 1. The van der Waals surface area contributed by atoms with Gasteiger partial charge in [0, 0.05) is 43.1 Å². The molecule has 0 N–H and O–H groups in total. The zero-order valence-corrected chi connectivity index (χ0v) is 15.8. The lowest BCUT2D eigenvalue weighted by atomic mass is 9.69. The van der Waals surface area contributed by atoms with E-state index in [2.05, 4.69) is 13.8 Å². The average molecular weight is 372 g/mol. The standard InChI is InChI=1S/C21H25FN2O3/c1-21(2)12-17-20(18(25)13-21)16(14-3-5-15(22)6-4-14)11-19(26)24(17)23-7-9-27-10-8-23/h3-6,16H,7-13H2,1-2H3. The minimum absolute atomic E-state index is 0.00419. The second kappa shape index (κ2) is 6.84. The number of carbonyl (C=O) groups is 2. The molecule has 1 amide bonds. The Morgan fingerprint density at radius 2 is 1.74 bits per heavy atom. The summed E-state index contributed by atoms with van der Waals surface area (Å²) in [5.74, 6) is -0.521. The third kappa shape index (κ3) is 3.44. The van der Waals surface area contributed by atoms with Crippen LogP contribution >= 0.6 is 0 Å². The number of allylic oxidation sites excluding steroid dienone is 2. The molecular formula is C21H25FN2O3. The van der Waals surface area contributed by atoms with Crippen LogP contribution in [-0.2, 0) is 14.3 Å². The van der Waals surface area contributed by atoms with E-state index in [1.54, 1.807) is 17.1 Å². The summed E-state index contributed by atoms with van der Waals surface area (Å²) < 4.78 is 18.8. The Hall–Kier alpha value is -2.05. The van der Waals surface area contributed by atoms with Crippen LogP contribution in [0.5, 0.6) is 0 Å². The summed E-state index contributed by atoms with van der Waals surface area (Å²) in [4.78, 5) is 26.3. The molecule has 1 aromatic rings. The summed E-state index contributed by atoms with van der Waals surface area (Å²) in [5, 5.41) is 3.76. The maximum absolute atomic E-state index is 13.4. The first-order valence-electron chi connectivity index (χ1n) is 9.53. The van der Waals surface area contributed by atoms with E-state index in [1.165, 1.54) is 12.1 Å². The van der Waals surface area contributed by atoms with Crippen LogP contribution in [0.25, 0.3) is 0 Å². The van der Waals surface area contributed by atoms with E-state index in [4.69, 9.17) is 4.74 Å². The number of ether oxygens (including phenoxy) is 1. The first-order chi connectivity index (χ1) is 12.9. The molecule has 0 saturated carbocycles. The number of hydrogen-bond donors (Lipinski definition) is 0. The van der Waals surface area contributed by atoms with Gasteiger partial charge in [0.05, 0.1) is 13.2 Å². The molecular weight excluding hydrogens is 347 g/mol. The van der Waals surface area contributed by atoms with E-state index in [0.717, 1.165) is 16.8 Å². The first kappa shape index (κ1) is 18.3. The van der Waals surface area contributed by atoms with Crippen molar-refractivity contribution < 1.29 is 18.7 Å². The van der Waals surface area contributed by atoms with Gasteiger partial charge in [-0.2, -0.15) is 0 Å². The van der Waals surface area contributed by atoms with E-state index in [1.807, 2.05) is 5.01 Å². The lowest BCUT2D eigenvalue weighted by Gasteiger charge is -2.47. The Kier molecular flexibility index (Phi) is 4.64. The molecule has 2 aliphatic heterocycles. The van der Waals surface area contributed by atoms with Gasteiger partial charge in [-0.25, -0.2) is 14.4 Å². The van der Waals surface area contributed by atoms with Crippen LogP contribution in [-0.4, -0.2) is 48.0 Å². The van der Waals surface area contributed by atoms with E-state index >= 15 is 0 Å². The van der Waals surface area contributed by atoms with Crippen LogP contribution in [0.3, 0.4) is 0 Å². The summed E-state index contributed by atoms with van der Waals surface area (Å²) >= 11 is 0. The van der Waals surface area contributed by atoms with Crippen molar-refractivity contribution in [3.63, 3.8) is 0 Å². The van der Waals surface area contributed by atoms with Crippen molar-refractivity contribution in [2.75, 3.05) is 26.3 Å². The van der Waals surface area contributed by atoms with Crippen LogP contribution in [0.4, 0.5) is 4.39 Å². The Balaban J connectivity index is 1.81. The molecule has 1 saturated heterocycles. The molecule has 5 nitrogen and oxygen atoms in total. The average Bonchev–Trinajstić information content (AvgIpc) is 2.61. The molecule has 0 bridgehead atoms. The summed E-state index contributed by atoms with van der Waals surface area (Å²) in [6.07, 6.45) is 1.37. The Morgan fingerprint density at radius 3 is 2.41 bits per heavy atom. The minimum atomic E-state index is -0.318. The molecule has 6 heteroatoms. The molecule has 4 rings (SSSR count). The Bertz CT molecular complexity index is 794. The molecule has 0 spiro atoms. The molecule has 144 valence electrons. The highest BCUT2D eigenvalue weighted by Gasteiger charge is 2.45. The predicted molar refractivity (Wildman–Crippen MR) is 98.0 cm³/mol. The van der Waals surface area contributed by atoms with Gasteiger partial charge in [0.15, 0.2) is 5.78 Å². The summed E-state index contributed by atoms with van der Waals surface area (Å²) in [6.45, 7) is 6.56. The molecule has 2 heterocycles. The molecule has 3 aliphatic rings. The first-order valence-corrected chi connectivity index (χ1v) is 9.53. The highest BCUT2D eigenvalue weighted by molar-refractivity contribution is 6.01. The van der Waals surface area contributed by atoms with Gasteiger partial charge >= 0.3 is 0 Å². The highest BCUT2D eigenvalue weighted by atomic mass is 19.1. The van der Waals surface area contributed by atoms with Crippen molar-refractivity contribution in [1.29, 1.82) is 0 Å². The fourth-order valence-electron chi connectivity index (χ4n) is 4.46. The van der Waals surface area contributed by atoms with Crippen LogP contribution in [0.1, 0.15) is 44.6 Å². The van der Waals surface area contributed by atoms with Gasteiger partial charge < -0.3 is 4.74 Å². The van der Waals surface area contributed by atoms with Crippen molar-refractivity contribution in [3.05, 3.63) is 46.9 Å². The van der Waals surface area contributed by atoms with Gasteiger partial charge in [-0.1, -0.05) is 26.0 Å². The van der Waals surface area contributed by atoms with Crippen LogP contribution in [0, 0.1) is 11.2 Å². The fraction of sp³-hybridized carbons (Fsp3) is 0.524. The normalized spacial score (nSPS) is 26.3. The number of benzene rings is 1. The van der Waals surface area contributed by atoms with Crippen molar-refractivity contribution in [1.82, 2.24) is 10.0 Å². The van der Waals surface area contributed by atoms with E-state index < -0.39 is 0 Å². The van der Waals surface area contributed by atoms with Crippen molar-refractivity contribution in [2.45, 2.75) is 39.0 Å². The Labute approximate surface area is 158 Å². The molecule has 27 heavy (non-hydrogen) atoms. The number of ketones is 1. The van der Waals surface area contributed by atoms with E-state index in [9.17, 15) is 14.0 Å². The van der Waals surface area contributed by atoms with Crippen LogP contribution in [0.2, 0.25) is 0 Å². The molecule has 1 fully saturated rings. The third-order valence-electron chi connectivity index (χ3n) is 5.66. The maximum atomic E-state index is 13.4. The lowest BCUT2D eigenvalue weighted by Crippen LogP contribution is -2.55. The summed E-state index contributed by atoms with van der Waals surface area (Å²) in [6, 6.07) is 6.17. The quantitative estimate of drug-likeness (QED) is 0.801. The molecule has 1 unspecified atom stereocenters. The van der Waals surface area contributed by atoms with Gasteiger partial charge in [0.1, 0.15) is 5.82 Å². The lowest BCUT2D eigenvalue weighted by molar-refractivity contribution is -0.154. The Morgan fingerprint density at radius 1 is 1.07 bits per heavy atom. The number of carbonyl (C=O) groups excluding carboxylic acids is 2. The van der Waals surface area contributed by atoms with Gasteiger partial charge in [0.2, 0.25) is 5.91 Å². The minimum Gasteiger partial charge on any atom is -0.379 e. The third-order valence-corrected chi connectivity index (χ3v) is 5.66. The molecule has 0 aromatic heterocycles. The largest absolute Gasteiger partial charge is 0.379 e. The number of amides is 1. The van der Waals surface area contributed by atoms with E-state index in [-0.39, 0.29) is 35.3 Å². The topological polar surface area (TPSA) is 49.9 Å². The van der Waals surface area contributed by atoms with Gasteiger partial charge in [0.25, 0.3) is 0 Å². The van der Waals surface area contributed by atoms with Crippen LogP contribution < -0.4 is 0 Å². The highest BCUT2D eigenvalue weighted by Crippen LogP contribution is 2.47. The number of nitrogens with zero attached hydrogens (tertiary/aromatic N) is 2. The van der Waals surface area contributed by atoms with Crippen molar-refractivity contribution in [3.8, 4) is 0 Å². The number of morpholine rings is 1. The van der Waals surface area contributed by atoms with Gasteiger partial charge in [-0.3, -0.25) is 9.59 Å². The number of halogens is 1. The fourth-order valence-corrected chi connectivity index (χ4v) is 4.46. The van der Waals surface area contributed by atoms with E-state index in [0.29, 0.717) is 39.1 Å². The molecule has 1 atom stereocenters. The van der Waals surface area contributed by atoms with Crippen LogP contribution in [0.15, 0.2) is 35.5 Å². The predicted octanol–water partition coefficient (Wildman–Crippen LogP) is 3.03. The van der Waals surface area contributed by atoms with Crippen molar-refractivity contribution in [2.24, 2.45) is 5.41 Å². The summed E-state index contributed by atoms with van der Waals surface area (Å²) in [5.41, 5.74) is 2.19. The zero-order chi connectivity index (χ0) is 19.2. The number of rotatable bonds is 2. The zero-order valence-electron chi connectivity index (χ0n) is 15.8. The monoisotopic (exact) mass is 372 g/mol. The second-order valence-electron chi connectivity index (χ2n) is 8.38. The number of hydrogen-bond acceptors (Lipinski definition) is 4. The molecule has 0 radical (unpaired) electrons.